The highest BCUT2D eigenvalue weighted by atomic mass is 19.1. The molecule has 0 atom stereocenters. The number of amides is 2. The molecule has 0 aliphatic carbocycles. The van der Waals surface area contributed by atoms with Crippen LogP contribution in [0.25, 0.3) is 0 Å². The van der Waals surface area contributed by atoms with Crippen LogP contribution in [0.1, 0.15) is 31.8 Å². The number of nitrogens with one attached hydrogen (secondary N) is 3. The largest absolute Gasteiger partial charge is 0.353 e. The molecule has 156 valence electrons. The molecule has 0 bridgehead atoms. The minimum Gasteiger partial charge on any atom is -0.353 e. The lowest BCUT2D eigenvalue weighted by Gasteiger charge is -2.12. The van der Waals surface area contributed by atoms with E-state index >= 15 is 0 Å². The molecule has 3 aromatic carbocycles. The number of rotatable bonds is 5. The number of carbonyl (C=O) groups is 2. The Bertz CT molecular complexity index is 1150. The van der Waals surface area contributed by atoms with Gasteiger partial charge in [-0.1, -0.05) is 29.8 Å². The van der Waals surface area contributed by atoms with E-state index in [2.05, 4.69) is 10.6 Å². The maximum atomic E-state index is 13.8. The van der Waals surface area contributed by atoms with E-state index in [9.17, 15) is 14.0 Å². The maximum Gasteiger partial charge on any atom is 0.257 e. The molecular formula is C24H21FN4O2. The number of nitrogens with zero attached hydrogens (tertiary/aromatic N) is 1. The normalized spacial score (nSPS) is 12.3. The lowest BCUT2D eigenvalue weighted by molar-refractivity contribution is 0.102. The first kappa shape index (κ1) is 20.3. The number of amidine groups is 1. The molecule has 1 heterocycles. The monoisotopic (exact) mass is 416 g/mol. The predicted molar refractivity (Wildman–Crippen MR) is 118 cm³/mol. The minimum atomic E-state index is -0.579. The molecule has 1 saturated heterocycles. The van der Waals surface area contributed by atoms with E-state index in [0.29, 0.717) is 17.1 Å². The SMILES string of the molecule is Cc1ccc(NC(=O)c2cc(F)ccc2NC(=O)c2ccc(C(=N)N3CC3)cc2)cc1. The summed E-state index contributed by atoms with van der Waals surface area (Å²) in [5.74, 6) is -1.10. The molecule has 1 aliphatic rings. The summed E-state index contributed by atoms with van der Waals surface area (Å²) in [5.41, 5.74) is 2.95. The van der Waals surface area contributed by atoms with Gasteiger partial charge in [0.25, 0.3) is 11.8 Å². The summed E-state index contributed by atoms with van der Waals surface area (Å²) in [7, 11) is 0. The van der Waals surface area contributed by atoms with Gasteiger partial charge in [-0.25, -0.2) is 4.39 Å². The van der Waals surface area contributed by atoms with Crippen molar-refractivity contribution in [2.45, 2.75) is 6.92 Å². The summed E-state index contributed by atoms with van der Waals surface area (Å²) in [6.45, 7) is 3.68. The van der Waals surface area contributed by atoms with Gasteiger partial charge in [0.1, 0.15) is 11.7 Å². The van der Waals surface area contributed by atoms with Gasteiger partial charge in [0.05, 0.1) is 11.3 Å². The number of benzene rings is 3. The van der Waals surface area contributed by atoms with Gasteiger partial charge in [-0.15, -0.1) is 0 Å². The van der Waals surface area contributed by atoms with Crippen LogP contribution in [0.3, 0.4) is 0 Å². The molecular weight excluding hydrogens is 395 g/mol. The van der Waals surface area contributed by atoms with Crippen molar-refractivity contribution in [3.05, 3.63) is 94.8 Å². The van der Waals surface area contributed by atoms with Gasteiger partial charge in [0.15, 0.2) is 0 Å². The second-order valence-electron chi connectivity index (χ2n) is 7.38. The third kappa shape index (κ3) is 4.78. The molecule has 3 aromatic rings. The Hall–Kier alpha value is -4.00. The van der Waals surface area contributed by atoms with E-state index in [1.807, 2.05) is 24.0 Å². The molecule has 0 spiro atoms. The van der Waals surface area contributed by atoms with Crippen LogP contribution in [-0.4, -0.2) is 35.6 Å². The molecule has 1 fully saturated rings. The fourth-order valence-corrected chi connectivity index (χ4v) is 3.08. The average molecular weight is 416 g/mol. The predicted octanol–water partition coefficient (Wildman–Crippen LogP) is 4.28. The zero-order chi connectivity index (χ0) is 22.0. The van der Waals surface area contributed by atoms with Crippen molar-refractivity contribution in [1.82, 2.24) is 4.90 Å². The molecule has 0 saturated carbocycles. The Morgan fingerprint density at radius 2 is 1.52 bits per heavy atom. The van der Waals surface area contributed by atoms with E-state index in [4.69, 9.17) is 5.41 Å². The Labute approximate surface area is 179 Å². The number of anilines is 2. The first-order chi connectivity index (χ1) is 14.9. The molecule has 31 heavy (non-hydrogen) atoms. The van der Waals surface area contributed by atoms with E-state index in [1.165, 1.54) is 12.1 Å². The van der Waals surface area contributed by atoms with Gasteiger partial charge < -0.3 is 15.5 Å². The molecule has 0 radical (unpaired) electrons. The van der Waals surface area contributed by atoms with Crippen LogP contribution >= 0.6 is 0 Å². The Kier molecular flexibility index (Phi) is 5.49. The van der Waals surface area contributed by atoms with Crippen LogP contribution < -0.4 is 10.6 Å². The molecule has 4 rings (SSSR count). The van der Waals surface area contributed by atoms with Gasteiger partial charge in [-0.05, 0) is 49.4 Å². The molecule has 0 aromatic heterocycles. The van der Waals surface area contributed by atoms with Crippen LogP contribution in [-0.2, 0) is 0 Å². The third-order valence-corrected chi connectivity index (χ3v) is 4.97. The molecule has 6 nitrogen and oxygen atoms in total. The van der Waals surface area contributed by atoms with Crippen LogP contribution in [0.4, 0.5) is 15.8 Å². The third-order valence-electron chi connectivity index (χ3n) is 4.97. The van der Waals surface area contributed by atoms with Crippen molar-refractivity contribution in [1.29, 1.82) is 5.41 Å². The number of hydrogen-bond donors (Lipinski definition) is 3. The van der Waals surface area contributed by atoms with Crippen LogP contribution in [0.15, 0.2) is 66.7 Å². The molecule has 7 heteroatoms. The highest BCUT2D eigenvalue weighted by Gasteiger charge is 2.22. The standard InChI is InChI=1S/C24H21FN4O2/c1-15-2-9-19(10-3-15)27-24(31)20-14-18(25)8-11-21(20)28-23(30)17-6-4-16(5-7-17)22(26)29-12-13-29/h2-11,14,26H,12-13H2,1H3,(H,27,31)(H,28,30). The highest BCUT2D eigenvalue weighted by Crippen LogP contribution is 2.21. The summed E-state index contributed by atoms with van der Waals surface area (Å²) in [6.07, 6.45) is 0. The summed E-state index contributed by atoms with van der Waals surface area (Å²) >= 11 is 0. The first-order valence-electron chi connectivity index (χ1n) is 9.83. The van der Waals surface area contributed by atoms with Crippen molar-refractivity contribution in [3.63, 3.8) is 0 Å². The van der Waals surface area contributed by atoms with Gasteiger partial charge >= 0.3 is 0 Å². The van der Waals surface area contributed by atoms with Gasteiger partial charge in [0, 0.05) is 29.9 Å². The van der Waals surface area contributed by atoms with Crippen molar-refractivity contribution in [3.8, 4) is 0 Å². The number of carbonyl (C=O) groups excluding carboxylic acids is 2. The lowest BCUT2D eigenvalue weighted by Crippen LogP contribution is -2.19. The fraction of sp³-hybridized carbons (Fsp3) is 0.125. The van der Waals surface area contributed by atoms with Crippen molar-refractivity contribution in [2.24, 2.45) is 0 Å². The van der Waals surface area contributed by atoms with Crippen LogP contribution in [0.2, 0.25) is 0 Å². The fourth-order valence-electron chi connectivity index (χ4n) is 3.08. The zero-order valence-corrected chi connectivity index (χ0v) is 16.9. The molecule has 2 amide bonds. The van der Waals surface area contributed by atoms with E-state index in [0.717, 1.165) is 30.3 Å². The lowest BCUT2D eigenvalue weighted by atomic mass is 10.1. The number of hydrogen-bond acceptors (Lipinski definition) is 3. The summed E-state index contributed by atoms with van der Waals surface area (Å²) in [6, 6.07) is 17.5. The second kappa shape index (κ2) is 8.39. The second-order valence-corrected chi connectivity index (χ2v) is 7.38. The summed E-state index contributed by atoms with van der Waals surface area (Å²) < 4.78 is 13.8. The van der Waals surface area contributed by atoms with E-state index in [1.54, 1.807) is 36.4 Å². The minimum absolute atomic E-state index is 0.0221. The zero-order valence-electron chi connectivity index (χ0n) is 16.9. The summed E-state index contributed by atoms with van der Waals surface area (Å²) in [4.78, 5) is 27.3. The number of halogens is 1. The van der Waals surface area contributed by atoms with Gasteiger partial charge in [-0.3, -0.25) is 15.0 Å². The Morgan fingerprint density at radius 3 is 2.16 bits per heavy atom. The first-order valence-corrected chi connectivity index (χ1v) is 9.83. The Balaban J connectivity index is 1.51. The Morgan fingerprint density at radius 1 is 0.871 bits per heavy atom. The van der Waals surface area contributed by atoms with Gasteiger partial charge in [-0.2, -0.15) is 0 Å². The van der Waals surface area contributed by atoms with Crippen molar-refractivity contribution < 1.29 is 14.0 Å². The van der Waals surface area contributed by atoms with E-state index in [-0.39, 0.29) is 11.3 Å². The maximum absolute atomic E-state index is 13.8. The molecule has 0 unspecified atom stereocenters. The van der Waals surface area contributed by atoms with Crippen LogP contribution in [0, 0.1) is 18.2 Å². The molecule has 3 N–H and O–H groups in total. The van der Waals surface area contributed by atoms with Crippen molar-refractivity contribution >= 4 is 29.0 Å². The summed E-state index contributed by atoms with van der Waals surface area (Å²) in [5, 5.41) is 13.4. The van der Waals surface area contributed by atoms with Crippen LogP contribution in [0.5, 0.6) is 0 Å². The van der Waals surface area contributed by atoms with E-state index < -0.39 is 17.6 Å². The average Bonchev–Trinajstić information content (AvgIpc) is 3.61. The topological polar surface area (TPSA) is 85.1 Å². The smallest absolute Gasteiger partial charge is 0.257 e. The quantitative estimate of drug-likeness (QED) is 0.330. The van der Waals surface area contributed by atoms with Crippen molar-refractivity contribution in [2.75, 3.05) is 23.7 Å². The number of aryl methyl sites for hydroxylation is 1. The molecule has 1 aliphatic heterocycles. The highest BCUT2D eigenvalue weighted by molar-refractivity contribution is 6.12. The van der Waals surface area contributed by atoms with Gasteiger partial charge in [0.2, 0.25) is 0 Å².